The fourth-order valence-electron chi connectivity index (χ4n) is 1.91. The lowest BCUT2D eigenvalue weighted by atomic mass is 9.80. The Labute approximate surface area is 90.6 Å². The summed E-state index contributed by atoms with van der Waals surface area (Å²) in [5.74, 6) is -0.141. The van der Waals surface area contributed by atoms with Crippen molar-refractivity contribution in [3.05, 3.63) is 0 Å². The molecule has 1 aliphatic heterocycles. The Kier molecular flexibility index (Phi) is 2.18. The Morgan fingerprint density at radius 2 is 1.73 bits per heavy atom. The molecule has 2 N–H and O–H groups in total. The van der Waals surface area contributed by atoms with Gasteiger partial charge in [0.1, 0.15) is 0 Å². The number of primary amides is 1. The minimum absolute atomic E-state index is 0.0558. The highest BCUT2D eigenvalue weighted by atomic mass is 16.7. The smallest absolute Gasteiger partial charge is 0.403 e. The lowest BCUT2D eigenvalue weighted by Gasteiger charge is -2.32. The molecule has 84 valence electrons. The molecule has 2 aliphatic rings. The lowest BCUT2D eigenvalue weighted by molar-refractivity contribution is -0.119. The molecule has 4 nitrogen and oxygen atoms in total. The number of amides is 1. The van der Waals surface area contributed by atoms with Crippen molar-refractivity contribution in [2.24, 2.45) is 11.7 Å². The van der Waals surface area contributed by atoms with Gasteiger partial charge in [-0.05, 0) is 34.1 Å². The predicted octanol–water partition coefficient (Wildman–Crippen LogP) is 0.954. The van der Waals surface area contributed by atoms with E-state index in [0.29, 0.717) is 0 Å². The van der Waals surface area contributed by atoms with Crippen molar-refractivity contribution in [1.29, 1.82) is 0 Å². The van der Waals surface area contributed by atoms with Crippen molar-refractivity contribution < 1.29 is 14.1 Å². The van der Waals surface area contributed by atoms with Gasteiger partial charge in [0.05, 0.1) is 11.2 Å². The normalized spacial score (nSPS) is 36.7. The first-order valence-corrected chi connectivity index (χ1v) is 5.39. The van der Waals surface area contributed by atoms with E-state index in [1.165, 1.54) is 0 Å². The molecule has 2 atom stereocenters. The number of carbonyl (C=O) groups is 1. The topological polar surface area (TPSA) is 61.5 Å². The summed E-state index contributed by atoms with van der Waals surface area (Å²) in [7, 11) is -0.271. The Morgan fingerprint density at radius 1 is 1.27 bits per heavy atom. The molecule has 2 fully saturated rings. The van der Waals surface area contributed by atoms with Crippen LogP contribution in [0.15, 0.2) is 0 Å². The van der Waals surface area contributed by atoms with Crippen molar-refractivity contribution in [3.8, 4) is 0 Å². The zero-order valence-corrected chi connectivity index (χ0v) is 9.74. The van der Waals surface area contributed by atoms with E-state index in [4.69, 9.17) is 15.0 Å². The molecule has 0 aromatic heterocycles. The van der Waals surface area contributed by atoms with Crippen LogP contribution in [0.25, 0.3) is 0 Å². The van der Waals surface area contributed by atoms with Crippen LogP contribution in [0.1, 0.15) is 34.1 Å². The van der Waals surface area contributed by atoms with Gasteiger partial charge < -0.3 is 15.0 Å². The second-order valence-electron chi connectivity index (χ2n) is 5.53. The SMILES string of the molecule is CC1(C)OB(C2CC2C(N)=O)OC1(C)C. The molecule has 0 aromatic rings. The number of nitrogens with two attached hydrogens (primary N) is 1. The quantitative estimate of drug-likeness (QED) is 0.691. The van der Waals surface area contributed by atoms with Gasteiger partial charge in [-0.1, -0.05) is 0 Å². The van der Waals surface area contributed by atoms with Gasteiger partial charge in [-0.25, -0.2) is 0 Å². The average Bonchev–Trinajstić information content (AvgIpc) is 2.75. The Balaban J connectivity index is 2.03. The summed E-state index contributed by atoms with van der Waals surface area (Å²) in [4.78, 5) is 11.0. The number of carbonyl (C=O) groups excluding carboxylic acids is 1. The standard InChI is InChI=1S/C10H18BNO3/c1-9(2)10(3,4)15-11(14-9)7-5-6(7)8(12)13/h6-7H,5H2,1-4H3,(H2,12,13). The van der Waals surface area contributed by atoms with E-state index < -0.39 is 0 Å². The van der Waals surface area contributed by atoms with E-state index in [-0.39, 0.29) is 36.0 Å². The second kappa shape index (κ2) is 2.98. The minimum Gasteiger partial charge on any atom is -0.403 e. The maximum absolute atomic E-state index is 11.0. The van der Waals surface area contributed by atoms with Gasteiger partial charge in [0.2, 0.25) is 5.91 Å². The van der Waals surface area contributed by atoms with Crippen LogP contribution in [0, 0.1) is 5.92 Å². The largest absolute Gasteiger partial charge is 0.461 e. The molecule has 15 heavy (non-hydrogen) atoms. The Morgan fingerprint density at radius 3 is 2.07 bits per heavy atom. The first kappa shape index (κ1) is 11.0. The summed E-state index contributed by atoms with van der Waals surface area (Å²) in [6.07, 6.45) is 0.798. The molecule has 1 amide bonds. The second-order valence-corrected chi connectivity index (χ2v) is 5.53. The number of hydrogen-bond acceptors (Lipinski definition) is 3. The maximum Gasteiger partial charge on any atom is 0.461 e. The van der Waals surface area contributed by atoms with Gasteiger partial charge in [0.25, 0.3) is 0 Å². The van der Waals surface area contributed by atoms with E-state index in [1.54, 1.807) is 0 Å². The zero-order chi connectivity index (χ0) is 11.4. The van der Waals surface area contributed by atoms with Gasteiger partial charge >= 0.3 is 7.12 Å². The van der Waals surface area contributed by atoms with Crippen LogP contribution in [0.3, 0.4) is 0 Å². The monoisotopic (exact) mass is 211 g/mol. The molecule has 1 saturated heterocycles. The molecule has 1 saturated carbocycles. The summed E-state index contributed by atoms with van der Waals surface area (Å²) in [5, 5.41) is 0. The summed E-state index contributed by atoms with van der Waals surface area (Å²) >= 11 is 0. The summed E-state index contributed by atoms with van der Waals surface area (Å²) in [6.45, 7) is 8.03. The van der Waals surface area contributed by atoms with Crippen molar-refractivity contribution in [1.82, 2.24) is 0 Å². The minimum atomic E-state index is -0.317. The molecule has 0 spiro atoms. The molecular weight excluding hydrogens is 193 g/mol. The molecule has 1 heterocycles. The van der Waals surface area contributed by atoms with Crippen LogP contribution in [-0.2, 0) is 14.1 Å². The zero-order valence-electron chi connectivity index (χ0n) is 9.74. The number of rotatable bonds is 2. The lowest BCUT2D eigenvalue weighted by Crippen LogP contribution is -2.41. The van der Waals surface area contributed by atoms with Crippen LogP contribution >= 0.6 is 0 Å². The van der Waals surface area contributed by atoms with Crippen LogP contribution in [0.5, 0.6) is 0 Å². The molecule has 1 aliphatic carbocycles. The third-order valence-corrected chi connectivity index (χ3v) is 3.83. The van der Waals surface area contributed by atoms with Gasteiger partial charge in [-0.3, -0.25) is 4.79 Å². The fourth-order valence-corrected chi connectivity index (χ4v) is 1.91. The molecule has 2 rings (SSSR count). The highest BCUT2D eigenvalue weighted by Gasteiger charge is 2.61. The highest BCUT2D eigenvalue weighted by molar-refractivity contribution is 6.49. The van der Waals surface area contributed by atoms with Gasteiger partial charge in [0.15, 0.2) is 0 Å². The molecule has 2 unspecified atom stereocenters. The Bertz CT molecular complexity index is 287. The van der Waals surface area contributed by atoms with E-state index in [0.717, 1.165) is 6.42 Å². The maximum atomic E-state index is 11.0. The highest BCUT2D eigenvalue weighted by Crippen LogP contribution is 2.52. The van der Waals surface area contributed by atoms with Crippen LogP contribution in [-0.4, -0.2) is 24.2 Å². The predicted molar refractivity (Wildman–Crippen MR) is 57.1 cm³/mol. The summed E-state index contributed by atoms with van der Waals surface area (Å²) < 4.78 is 11.7. The molecule has 0 aromatic carbocycles. The van der Waals surface area contributed by atoms with Gasteiger partial charge in [-0.2, -0.15) is 0 Å². The third-order valence-electron chi connectivity index (χ3n) is 3.83. The Hall–Kier alpha value is -0.545. The molecule has 0 bridgehead atoms. The third kappa shape index (κ3) is 1.68. The average molecular weight is 211 g/mol. The van der Waals surface area contributed by atoms with E-state index >= 15 is 0 Å². The van der Waals surface area contributed by atoms with Crippen LogP contribution in [0.2, 0.25) is 5.82 Å². The van der Waals surface area contributed by atoms with Crippen LogP contribution < -0.4 is 5.73 Å². The van der Waals surface area contributed by atoms with Crippen molar-refractivity contribution in [2.75, 3.05) is 0 Å². The van der Waals surface area contributed by atoms with E-state index in [2.05, 4.69) is 0 Å². The molecule has 5 heteroatoms. The molecule has 0 radical (unpaired) electrons. The summed E-state index contributed by atoms with van der Waals surface area (Å²) in [6, 6.07) is 0. The van der Waals surface area contributed by atoms with Crippen molar-refractivity contribution >= 4 is 13.0 Å². The fraction of sp³-hybridized carbons (Fsp3) is 0.900. The van der Waals surface area contributed by atoms with E-state index in [9.17, 15) is 4.79 Å². The first-order chi connectivity index (χ1) is 6.74. The van der Waals surface area contributed by atoms with Crippen molar-refractivity contribution in [3.63, 3.8) is 0 Å². The van der Waals surface area contributed by atoms with E-state index in [1.807, 2.05) is 27.7 Å². The van der Waals surface area contributed by atoms with Crippen molar-refractivity contribution in [2.45, 2.75) is 51.1 Å². The van der Waals surface area contributed by atoms with Gasteiger partial charge in [-0.15, -0.1) is 0 Å². The first-order valence-electron chi connectivity index (χ1n) is 5.39. The number of hydrogen-bond donors (Lipinski definition) is 1. The summed E-state index contributed by atoms with van der Waals surface area (Å²) in [5.41, 5.74) is 4.61. The molecular formula is C10H18BNO3. The van der Waals surface area contributed by atoms with Crippen LogP contribution in [0.4, 0.5) is 0 Å². The van der Waals surface area contributed by atoms with Gasteiger partial charge in [0, 0.05) is 11.7 Å².